The molecule has 1 aliphatic rings. The van der Waals surface area contributed by atoms with Crippen molar-refractivity contribution < 1.29 is 40.9 Å². The van der Waals surface area contributed by atoms with Gasteiger partial charge in [0.15, 0.2) is 11.5 Å². The van der Waals surface area contributed by atoms with Crippen molar-refractivity contribution in [3.8, 4) is 46.0 Å². The molecule has 5 rings (SSSR count). The lowest BCUT2D eigenvalue weighted by Gasteiger charge is -2.29. The smallest absolute Gasteiger partial charge is 0.157 e. The molecule has 400 valence electrons. The molecule has 0 amide bonds. The molecule has 4 unspecified atom stereocenters. The SMILES string of the molecule is CCCCCCCCCC1c2cc(c(O)cc2O)C(CCCCCCCCC)c2cc(c(O)cc2O)C(CCCCCCCCC)c2cc(O)c(O)cc2C(CCCCCCCCC)c2cc1c(O)cc2O. The molecule has 4 aromatic carbocycles. The van der Waals surface area contributed by atoms with Crippen molar-refractivity contribution in [1.82, 2.24) is 0 Å². The van der Waals surface area contributed by atoms with Gasteiger partial charge in [-0.15, -0.1) is 0 Å². The minimum absolute atomic E-state index is 0.0783. The fourth-order valence-electron chi connectivity index (χ4n) is 11.9. The van der Waals surface area contributed by atoms with E-state index in [2.05, 4.69) is 27.7 Å². The van der Waals surface area contributed by atoms with E-state index in [0.717, 1.165) is 114 Å². The van der Waals surface area contributed by atoms with Gasteiger partial charge in [0.05, 0.1) is 0 Å². The highest BCUT2D eigenvalue weighted by Gasteiger charge is 2.34. The Labute approximate surface area is 435 Å². The van der Waals surface area contributed by atoms with Crippen LogP contribution in [0.4, 0.5) is 0 Å². The monoisotopic (exact) mass is 993 g/mol. The molecule has 0 radical (unpaired) electrons. The summed E-state index contributed by atoms with van der Waals surface area (Å²) >= 11 is 0. The number of rotatable bonds is 32. The molecule has 0 saturated carbocycles. The van der Waals surface area contributed by atoms with Crippen molar-refractivity contribution in [2.24, 2.45) is 0 Å². The molecule has 4 atom stereocenters. The summed E-state index contributed by atoms with van der Waals surface area (Å²) in [5.41, 5.74) is 4.86. The van der Waals surface area contributed by atoms with E-state index in [0.29, 0.717) is 59.1 Å². The van der Waals surface area contributed by atoms with Crippen molar-refractivity contribution in [2.75, 3.05) is 0 Å². The van der Waals surface area contributed by atoms with Crippen LogP contribution in [0.25, 0.3) is 0 Å². The van der Waals surface area contributed by atoms with Gasteiger partial charge < -0.3 is 40.9 Å². The highest BCUT2D eigenvalue weighted by atomic mass is 16.3. The number of hydrogen-bond acceptors (Lipinski definition) is 8. The van der Waals surface area contributed by atoms with Crippen molar-refractivity contribution in [2.45, 2.75) is 257 Å². The standard InChI is InChI=1S/C64H96O8/c1-5-9-13-17-21-25-29-33-45-49-40-63(71)64(72)41-50(49)46(34-30-26-22-18-14-10-6-2)52-38-54(60(68)43-58(52)66)48(36-32-28-24-20-16-12-8-4)56-39-55(61(69)44-62(56)70)47(35-31-27-23-19-15-11-7-3)53-37-51(45)57(65)42-59(53)67/h37-48,65-72H,5-36H2,1-4H3. The lowest BCUT2D eigenvalue weighted by atomic mass is 9.75. The fraction of sp³-hybridized carbons (Fsp3) is 0.625. The summed E-state index contributed by atoms with van der Waals surface area (Å²) in [4.78, 5) is 0. The zero-order valence-corrected chi connectivity index (χ0v) is 45.1. The maximum Gasteiger partial charge on any atom is 0.157 e. The third-order valence-electron chi connectivity index (χ3n) is 16.1. The van der Waals surface area contributed by atoms with E-state index in [-0.39, 0.29) is 46.0 Å². The highest BCUT2D eigenvalue weighted by molar-refractivity contribution is 5.62. The van der Waals surface area contributed by atoms with Gasteiger partial charge in [0.2, 0.25) is 0 Å². The molecule has 0 saturated heterocycles. The van der Waals surface area contributed by atoms with Crippen LogP contribution in [-0.2, 0) is 0 Å². The number of aromatic hydroxyl groups is 8. The second-order valence-electron chi connectivity index (χ2n) is 21.7. The zero-order valence-electron chi connectivity index (χ0n) is 45.1. The molecule has 8 nitrogen and oxygen atoms in total. The van der Waals surface area contributed by atoms with Crippen molar-refractivity contribution >= 4 is 0 Å². The molecule has 0 fully saturated rings. The Hall–Kier alpha value is -4.72. The minimum Gasteiger partial charge on any atom is -0.508 e. The highest BCUT2D eigenvalue weighted by Crippen LogP contribution is 2.53. The van der Waals surface area contributed by atoms with Crippen molar-refractivity contribution in [3.05, 3.63) is 93.0 Å². The average molecular weight is 993 g/mol. The maximum absolute atomic E-state index is 12.1. The third-order valence-corrected chi connectivity index (χ3v) is 16.1. The quantitative estimate of drug-likeness (QED) is 0.0177. The van der Waals surface area contributed by atoms with Crippen LogP contribution in [0, 0.1) is 0 Å². The first-order chi connectivity index (χ1) is 34.9. The summed E-state index contributed by atoms with van der Waals surface area (Å²) in [7, 11) is 0. The Kier molecular flexibility index (Phi) is 25.1. The zero-order chi connectivity index (χ0) is 51.8. The van der Waals surface area contributed by atoms with Crippen LogP contribution in [0.15, 0.2) is 48.5 Å². The first-order valence-electron chi connectivity index (χ1n) is 29.2. The van der Waals surface area contributed by atoms with Crippen LogP contribution >= 0.6 is 0 Å². The summed E-state index contributed by atoms with van der Waals surface area (Å²) < 4.78 is 0. The van der Waals surface area contributed by atoms with Gasteiger partial charge in [0.1, 0.15) is 34.5 Å². The molecule has 0 heterocycles. The topological polar surface area (TPSA) is 162 Å². The molecule has 6 bridgehead atoms. The summed E-state index contributed by atoms with van der Waals surface area (Å²) in [5, 5.41) is 95.4. The van der Waals surface area contributed by atoms with Gasteiger partial charge in [-0.1, -0.05) is 207 Å². The lowest BCUT2D eigenvalue weighted by molar-refractivity contribution is 0.400. The van der Waals surface area contributed by atoms with E-state index in [1.54, 1.807) is 12.1 Å². The Morgan fingerprint density at radius 2 is 0.389 bits per heavy atom. The van der Waals surface area contributed by atoms with Crippen LogP contribution in [0.5, 0.6) is 46.0 Å². The largest absolute Gasteiger partial charge is 0.508 e. The van der Waals surface area contributed by atoms with Gasteiger partial charge in [0, 0.05) is 75.3 Å². The summed E-state index contributed by atoms with van der Waals surface area (Å²) in [5.74, 6) is -3.09. The van der Waals surface area contributed by atoms with Gasteiger partial charge in [-0.3, -0.25) is 0 Å². The van der Waals surface area contributed by atoms with Crippen LogP contribution in [0.2, 0.25) is 0 Å². The predicted molar refractivity (Wildman–Crippen MR) is 297 cm³/mol. The Bertz CT molecular complexity index is 2060. The van der Waals surface area contributed by atoms with E-state index in [4.69, 9.17) is 0 Å². The molecule has 8 N–H and O–H groups in total. The maximum atomic E-state index is 12.1. The van der Waals surface area contributed by atoms with Crippen LogP contribution in [-0.4, -0.2) is 40.9 Å². The molecule has 0 aliphatic heterocycles. The average Bonchev–Trinajstić information content (AvgIpc) is 3.35. The van der Waals surface area contributed by atoms with Crippen LogP contribution < -0.4 is 0 Å². The molecule has 8 heteroatoms. The van der Waals surface area contributed by atoms with Crippen LogP contribution in [0.3, 0.4) is 0 Å². The first-order valence-corrected chi connectivity index (χ1v) is 29.2. The molecule has 0 spiro atoms. The second-order valence-corrected chi connectivity index (χ2v) is 21.7. The molecule has 4 aromatic rings. The number of benzene rings is 4. The predicted octanol–water partition coefficient (Wildman–Crippen LogP) is 18.7. The normalized spacial score (nSPS) is 16.6. The molecule has 0 aromatic heterocycles. The molecule has 72 heavy (non-hydrogen) atoms. The Balaban J connectivity index is 1.79. The Morgan fingerprint density at radius 1 is 0.208 bits per heavy atom. The van der Waals surface area contributed by atoms with E-state index < -0.39 is 23.7 Å². The summed E-state index contributed by atoms with van der Waals surface area (Å²) in [6, 6.07) is 13.3. The van der Waals surface area contributed by atoms with Crippen molar-refractivity contribution in [1.29, 1.82) is 0 Å². The second kappa shape index (κ2) is 31.1. The number of fused-ring (bicyclic) bond motifs is 7. The van der Waals surface area contributed by atoms with Gasteiger partial charge in [-0.05, 0) is 67.1 Å². The van der Waals surface area contributed by atoms with Gasteiger partial charge in [-0.2, -0.15) is 0 Å². The summed E-state index contributed by atoms with van der Waals surface area (Å²) in [6.45, 7) is 8.86. The number of phenols is 8. The molecule has 1 aliphatic carbocycles. The molecular weight excluding hydrogens is 897 g/mol. The Morgan fingerprint density at radius 3 is 0.597 bits per heavy atom. The number of unbranched alkanes of at least 4 members (excludes halogenated alkanes) is 24. The van der Waals surface area contributed by atoms with E-state index in [9.17, 15) is 40.9 Å². The van der Waals surface area contributed by atoms with Gasteiger partial charge in [-0.25, -0.2) is 0 Å². The number of hydrogen-bond donors (Lipinski definition) is 8. The number of phenolic OH excluding ortho intramolecular Hbond substituents is 8. The minimum atomic E-state index is -0.523. The van der Waals surface area contributed by atoms with Crippen LogP contribution in [0.1, 0.15) is 301 Å². The third kappa shape index (κ3) is 16.6. The van der Waals surface area contributed by atoms with E-state index in [1.165, 1.54) is 95.2 Å². The first kappa shape index (κ1) is 58.2. The van der Waals surface area contributed by atoms with E-state index >= 15 is 0 Å². The van der Waals surface area contributed by atoms with E-state index in [1.807, 2.05) is 18.2 Å². The summed E-state index contributed by atoms with van der Waals surface area (Å²) in [6.07, 6.45) is 32.6. The molecular formula is C64H96O8. The fourth-order valence-corrected chi connectivity index (χ4v) is 11.9. The van der Waals surface area contributed by atoms with Gasteiger partial charge in [0.25, 0.3) is 0 Å². The van der Waals surface area contributed by atoms with Gasteiger partial charge >= 0.3 is 0 Å². The van der Waals surface area contributed by atoms with Crippen molar-refractivity contribution in [3.63, 3.8) is 0 Å². The lowest BCUT2D eigenvalue weighted by Crippen LogP contribution is -2.12.